The number of ether oxygens (including phenoxy) is 1. The second-order valence-corrected chi connectivity index (χ2v) is 5.80. The van der Waals surface area contributed by atoms with Crippen LogP contribution in [0.15, 0.2) is 40.9 Å². The number of nitrogens with two attached hydrogens (primary N) is 1. The van der Waals surface area contributed by atoms with Crippen LogP contribution in [0, 0.1) is 5.82 Å². The molecule has 20 heavy (non-hydrogen) atoms. The number of thiocarbonyl (C=S) groups is 1. The summed E-state index contributed by atoms with van der Waals surface area (Å²) < 4.78 is 19.9. The Morgan fingerprint density at radius 3 is 2.70 bits per heavy atom. The van der Waals surface area contributed by atoms with E-state index < -0.39 is 5.82 Å². The minimum Gasteiger partial charge on any atom is -0.487 e. The lowest BCUT2D eigenvalue weighted by molar-refractivity contribution is 0.306. The van der Waals surface area contributed by atoms with E-state index in [1.165, 1.54) is 6.07 Å². The number of halogens is 3. The Kier molecular flexibility index (Phi) is 4.96. The number of benzene rings is 2. The molecule has 104 valence electrons. The third-order valence-electron chi connectivity index (χ3n) is 2.58. The predicted molar refractivity (Wildman–Crippen MR) is 85.8 cm³/mol. The summed E-state index contributed by atoms with van der Waals surface area (Å²) in [5, 5.41) is 0.496. The van der Waals surface area contributed by atoms with Crippen LogP contribution in [0.3, 0.4) is 0 Å². The summed E-state index contributed by atoms with van der Waals surface area (Å²) in [5.41, 5.74) is 6.42. The molecule has 2 nitrogen and oxygen atoms in total. The molecule has 0 radical (unpaired) electrons. The van der Waals surface area contributed by atoms with Crippen LogP contribution in [-0.2, 0) is 6.61 Å². The number of hydrogen-bond acceptors (Lipinski definition) is 2. The molecule has 2 rings (SSSR count). The maximum Gasteiger partial charge on any atom is 0.138 e. The van der Waals surface area contributed by atoms with Crippen molar-refractivity contribution in [1.82, 2.24) is 0 Å². The van der Waals surface area contributed by atoms with Crippen LogP contribution in [0.2, 0.25) is 5.02 Å². The molecule has 0 aliphatic carbocycles. The standard InChI is InChI=1S/C14H10BrClFNOS/c15-9-2-4-13(11(16)6-9)19-7-8-1-3-12(17)10(5-8)14(18)20/h1-6H,7H2,(H2,18,20). The van der Waals surface area contributed by atoms with Gasteiger partial charge >= 0.3 is 0 Å². The number of rotatable bonds is 4. The molecule has 0 spiro atoms. The minimum atomic E-state index is -0.442. The average molecular weight is 375 g/mol. The van der Waals surface area contributed by atoms with Crippen molar-refractivity contribution in [1.29, 1.82) is 0 Å². The van der Waals surface area contributed by atoms with Crippen molar-refractivity contribution < 1.29 is 9.13 Å². The second kappa shape index (κ2) is 6.52. The van der Waals surface area contributed by atoms with Crippen LogP contribution in [0.4, 0.5) is 4.39 Å². The molecule has 0 aliphatic heterocycles. The van der Waals surface area contributed by atoms with Crippen molar-refractivity contribution in [3.05, 3.63) is 62.8 Å². The zero-order valence-corrected chi connectivity index (χ0v) is 13.4. The highest BCUT2D eigenvalue weighted by Gasteiger charge is 2.08. The lowest BCUT2D eigenvalue weighted by Crippen LogP contribution is -2.12. The van der Waals surface area contributed by atoms with Gasteiger partial charge in [-0.05, 0) is 35.9 Å². The van der Waals surface area contributed by atoms with Crippen molar-refractivity contribution in [3.8, 4) is 5.75 Å². The van der Waals surface area contributed by atoms with Gasteiger partial charge < -0.3 is 10.5 Å². The van der Waals surface area contributed by atoms with E-state index in [9.17, 15) is 4.39 Å². The van der Waals surface area contributed by atoms with Crippen LogP contribution in [0.1, 0.15) is 11.1 Å². The largest absolute Gasteiger partial charge is 0.487 e. The Hall–Kier alpha value is -1.17. The molecule has 0 fully saturated rings. The van der Waals surface area contributed by atoms with Gasteiger partial charge in [0, 0.05) is 10.0 Å². The quantitative estimate of drug-likeness (QED) is 0.803. The maximum atomic E-state index is 13.5. The summed E-state index contributed by atoms with van der Waals surface area (Å²) in [7, 11) is 0. The summed E-state index contributed by atoms with van der Waals surface area (Å²) >= 11 is 14.2. The molecule has 0 amide bonds. The van der Waals surface area contributed by atoms with E-state index in [0.717, 1.165) is 10.0 Å². The van der Waals surface area contributed by atoms with E-state index in [4.69, 9.17) is 34.3 Å². The normalized spacial score (nSPS) is 10.3. The Morgan fingerprint density at radius 2 is 2.05 bits per heavy atom. The maximum absolute atomic E-state index is 13.5. The third-order valence-corrected chi connectivity index (χ3v) is 3.59. The monoisotopic (exact) mass is 373 g/mol. The highest BCUT2D eigenvalue weighted by atomic mass is 79.9. The van der Waals surface area contributed by atoms with Crippen LogP contribution in [-0.4, -0.2) is 4.99 Å². The van der Waals surface area contributed by atoms with Gasteiger partial charge in [-0.1, -0.05) is 45.8 Å². The molecule has 2 N–H and O–H groups in total. The molecule has 0 bridgehead atoms. The lowest BCUT2D eigenvalue weighted by atomic mass is 10.1. The Morgan fingerprint density at radius 1 is 1.30 bits per heavy atom. The molecule has 0 heterocycles. The topological polar surface area (TPSA) is 35.2 Å². The molecule has 0 aliphatic rings. The first kappa shape index (κ1) is 15.2. The SMILES string of the molecule is NC(=S)c1cc(COc2ccc(Br)cc2Cl)ccc1F. The van der Waals surface area contributed by atoms with Gasteiger partial charge in [0.15, 0.2) is 0 Å². The van der Waals surface area contributed by atoms with Crippen LogP contribution < -0.4 is 10.5 Å². The fourth-order valence-corrected chi connectivity index (χ4v) is 2.49. The van der Waals surface area contributed by atoms with Gasteiger partial charge in [0.05, 0.1) is 5.02 Å². The molecule has 6 heteroatoms. The summed E-state index contributed by atoms with van der Waals surface area (Å²) in [6, 6.07) is 9.82. The Bertz CT molecular complexity index is 666. The highest BCUT2D eigenvalue weighted by Crippen LogP contribution is 2.28. The number of hydrogen-bond donors (Lipinski definition) is 1. The molecular weight excluding hydrogens is 365 g/mol. The van der Waals surface area contributed by atoms with Crippen LogP contribution in [0.25, 0.3) is 0 Å². The first-order valence-electron chi connectivity index (χ1n) is 5.63. The van der Waals surface area contributed by atoms with Gasteiger partial charge in [0.25, 0.3) is 0 Å². The zero-order valence-electron chi connectivity index (χ0n) is 10.2. The highest BCUT2D eigenvalue weighted by molar-refractivity contribution is 9.10. The lowest BCUT2D eigenvalue weighted by Gasteiger charge is -2.10. The van der Waals surface area contributed by atoms with Gasteiger partial charge in [0.1, 0.15) is 23.2 Å². The molecule has 0 atom stereocenters. The molecule has 0 saturated heterocycles. The van der Waals surface area contributed by atoms with Crippen LogP contribution in [0.5, 0.6) is 5.75 Å². The Labute approximate surface area is 134 Å². The third kappa shape index (κ3) is 3.69. The van der Waals surface area contributed by atoms with E-state index in [-0.39, 0.29) is 17.2 Å². The van der Waals surface area contributed by atoms with Gasteiger partial charge in [0.2, 0.25) is 0 Å². The van der Waals surface area contributed by atoms with Gasteiger partial charge in [-0.3, -0.25) is 0 Å². The van der Waals surface area contributed by atoms with E-state index in [0.29, 0.717) is 10.8 Å². The van der Waals surface area contributed by atoms with E-state index >= 15 is 0 Å². The smallest absolute Gasteiger partial charge is 0.138 e. The minimum absolute atomic E-state index is 0.0195. The molecule has 2 aromatic rings. The summed E-state index contributed by atoms with van der Waals surface area (Å²) in [4.78, 5) is 0.0195. The molecule has 0 unspecified atom stereocenters. The average Bonchev–Trinajstić information content (AvgIpc) is 2.39. The fourth-order valence-electron chi connectivity index (χ4n) is 1.60. The van der Waals surface area contributed by atoms with Gasteiger partial charge in [-0.25, -0.2) is 4.39 Å². The van der Waals surface area contributed by atoms with Gasteiger partial charge in [-0.15, -0.1) is 0 Å². The van der Waals surface area contributed by atoms with Crippen molar-refractivity contribution in [2.45, 2.75) is 6.61 Å². The molecule has 2 aromatic carbocycles. The van der Waals surface area contributed by atoms with Crippen LogP contribution >= 0.6 is 39.7 Å². The predicted octanol–water partition coefficient (Wildman–Crippen LogP) is 4.45. The molecule has 0 saturated carbocycles. The van der Waals surface area contributed by atoms with Crippen molar-refractivity contribution in [3.63, 3.8) is 0 Å². The molecule has 0 aromatic heterocycles. The zero-order chi connectivity index (χ0) is 14.7. The summed E-state index contributed by atoms with van der Waals surface area (Å²) in [5.74, 6) is 0.110. The van der Waals surface area contributed by atoms with Gasteiger partial charge in [-0.2, -0.15) is 0 Å². The van der Waals surface area contributed by atoms with Crippen molar-refractivity contribution in [2.24, 2.45) is 5.73 Å². The molecular formula is C14H10BrClFNOS. The first-order chi connectivity index (χ1) is 9.47. The van der Waals surface area contributed by atoms with E-state index in [2.05, 4.69) is 15.9 Å². The first-order valence-corrected chi connectivity index (χ1v) is 7.21. The van der Waals surface area contributed by atoms with E-state index in [1.54, 1.807) is 24.3 Å². The summed E-state index contributed by atoms with van der Waals surface area (Å²) in [6.07, 6.45) is 0. The fraction of sp³-hybridized carbons (Fsp3) is 0.0714. The Balaban J connectivity index is 2.15. The second-order valence-electron chi connectivity index (χ2n) is 4.04. The van der Waals surface area contributed by atoms with Crippen molar-refractivity contribution in [2.75, 3.05) is 0 Å². The van der Waals surface area contributed by atoms with Crippen molar-refractivity contribution >= 4 is 44.7 Å². The van der Waals surface area contributed by atoms with E-state index in [1.807, 2.05) is 6.07 Å². The summed E-state index contributed by atoms with van der Waals surface area (Å²) in [6.45, 7) is 0.247.